The third-order valence-electron chi connectivity index (χ3n) is 4.55. The second-order valence-corrected chi connectivity index (χ2v) is 7.61. The molecular formula is C24H19N3O2S. The van der Waals surface area contributed by atoms with Gasteiger partial charge < -0.3 is 10.6 Å². The average molecular weight is 414 g/mol. The number of pyridine rings is 1. The summed E-state index contributed by atoms with van der Waals surface area (Å²) in [7, 11) is 0. The molecule has 0 bridgehead atoms. The molecule has 2 N–H and O–H groups in total. The van der Waals surface area contributed by atoms with E-state index in [0.717, 1.165) is 11.3 Å². The predicted octanol–water partition coefficient (Wildman–Crippen LogP) is 5.62. The summed E-state index contributed by atoms with van der Waals surface area (Å²) in [6.07, 6.45) is 0. The van der Waals surface area contributed by atoms with Crippen molar-refractivity contribution < 1.29 is 9.59 Å². The first-order valence-electron chi connectivity index (χ1n) is 9.39. The molecule has 0 aliphatic carbocycles. The molecule has 148 valence electrons. The Hall–Kier alpha value is -3.77. The van der Waals surface area contributed by atoms with Crippen LogP contribution >= 0.6 is 11.3 Å². The second kappa shape index (κ2) is 8.71. The molecule has 5 nitrogen and oxygen atoms in total. The maximum absolute atomic E-state index is 12.7. The first kappa shape index (κ1) is 19.5. The van der Waals surface area contributed by atoms with Crippen molar-refractivity contribution in [2.45, 2.75) is 6.92 Å². The van der Waals surface area contributed by atoms with Gasteiger partial charge in [0.2, 0.25) is 0 Å². The highest BCUT2D eigenvalue weighted by atomic mass is 32.1. The van der Waals surface area contributed by atoms with Gasteiger partial charge in [0.25, 0.3) is 11.8 Å². The molecule has 30 heavy (non-hydrogen) atoms. The van der Waals surface area contributed by atoms with Crippen LogP contribution in [-0.4, -0.2) is 16.8 Å². The van der Waals surface area contributed by atoms with Gasteiger partial charge in [-0.1, -0.05) is 36.4 Å². The monoisotopic (exact) mass is 413 g/mol. The van der Waals surface area contributed by atoms with E-state index in [1.54, 1.807) is 36.4 Å². The van der Waals surface area contributed by atoms with Gasteiger partial charge in [0.05, 0.1) is 21.8 Å². The zero-order valence-electron chi connectivity index (χ0n) is 16.3. The van der Waals surface area contributed by atoms with Crippen molar-refractivity contribution in [3.8, 4) is 11.3 Å². The average Bonchev–Trinajstić information content (AvgIpc) is 3.31. The van der Waals surface area contributed by atoms with Crippen LogP contribution in [0.5, 0.6) is 0 Å². The Morgan fingerprint density at radius 1 is 0.767 bits per heavy atom. The largest absolute Gasteiger partial charge is 0.322 e. The number of nitrogens with zero attached hydrogens (tertiary/aromatic N) is 1. The van der Waals surface area contributed by atoms with Gasteiger partial charge in [0, 0.05) is 16.9 Å². The van der Waals surface area contributed by atoms with Gasteiger partial charge in [0.1, 0.15) is 0 Å². The number of amides is 2. The van der Waals surface area contributed by atoms with Gasteiger partial charge in [-0.3, -0.25) is 14.6 Å². The lowest BCUT2D eigenvalue weighted by Gasteiger charge is -2.10. The number of carbonyl (C=O) groups is 2. The van der Waals surface area contributed by atoms with Crippen LogP contribution in [0.3, 0.4) is 0 Å². The van der Waals surface area contributed by atoms with E-state index >= 15 is 0 Å². The smallest absolute Gasteiger partial charge is 0.265 e. The van der Waals surface area contributed by atoms with Gasteiger partial charge in [0.15, 0.2) is 0 Å². The number of carbonyl (C=O) groups excluding carboxylic acids is 2. The molecule has 0 atom stereocenters. The van der Waals surface area contributed by atoms with Crippen LogP contribution < -0.4 is 10.6 Å². The number of benzene rings is 2. The molecule has 0 aliphatic heterocycles. The zero-order valence-corrected chi connectivity index (χ0v) is 17.1. The maximum atomic E-state index is 12.7. The lowest BCUT2D eigenvalue weighted by atomic mass is 10.1. The summed E-state index contributed by atoms with van der Waals surface area (Å²) in [5, 5.41) is 7.57. The van der Waals surface area contributed by atoms with E-state index in [2.05, 4.69) is 15.6 Å². The summed E-state index contributed by atoms with van der Waals surface area (Å²) in [4.78, 5) is 30.0. The highest BCUT2D eigenvalue weighted by Crippen LogP contribution is 2.20. The Morgan fingerprint density at radius 3 is 2.03 bits per heavy atom. The molecule has 0 fully saturated rings. The van der Waals surface area contributed by atoms with Crippen LogP contribution in [0.25, 0.3) is 11.3 Å². The molecule has 0 radical (unpaired) electrons. The number of hydrogen-bond acceptors (Lipinski definition) is 4. The van der Waals surface area contributed by atoms with E-state index in [0.29, 0.717) is 27.5 Å². The quantitative estimate of drug-likeness (QED) is 0.446. The van der Waals surface area contributed by atoms with E-state index in [1.165, 1.54) is 11.3 Å². The third-order valence-corrected chi connectivity index (χ3v) is 5.41. The van der Waals surface area contributed by atoms with Crippen molar-refractivity contribution in [2.75, 3.05) is 10.6 Å². The number of thiophene rings is 1. The van der Waals surface area contributed by atoms with Crippen LogP contribution in [0.1, 0.15) is 25.7 Å². The van der Waals surface area contributed by atoms with Crippen molar-refractivity contribution in [1.82, 2.24) is 4.98 Å². The SMILES string of the molecule is Cc1nc(-c2ccccc2)ccc1C(=O)Nc1ccc(NC(=O)c2cccs2)cc1. The summed E-state index contributed by atoms with van der Waals surface area (Å²) in [6, 6.07) is 24.1. The molecule has 2 aromatic heterocycles. The number of aromatic nitrogens is 1. The highest BCUT2D eigenvalue weighted by Gasteiger charge is 2.12. The van der Waals surface area contributed by atoms with Crippen LogP contribution in [0, 0.1) is 6.92 Å². The molecule has 0 unspecified atom stereocenters. The predicted molar refractivity (Wildman–Crippen MR) is 121 cm³/mol. The fourth-order valence-electron chi connectivity index (χ4n) is 3.01. The highest BCUT2D eigenvalue weighted by molar-refractivity contribution is 7.12. The number of rotatable bonds is 5. The van der Waals surface area contributed by atoms with Gasteiger partial charge >= 0.3 is 0 Å². The number of nitrogens with one attached hydrogen (secondary N) is 2. The minimum absolute atomic E-state index is 0.151. The van der Waals surface area contributed by atoms with Gasteiger partial charge in [-0.2, -0.15) is 0 Å². The van der Waals surface area contributed by atoms with Crippen molar-refractivity contribution in [3.63, 3.8) is 0 Å². The van der Waals surface area contributed by atoms with Crippen molar-refractivity contribution in [1.29, 1.82) is 0 Å². The number of hydrogen-bond donors (Lipinski definition) is 2. The Labute approximate surface area is 178 Å². The molecule has 6 heteroatoms. The number of anilines is 2. The molecule has 2 aromatic carbocycles. The Morgan fingerprint density at radius 2 is 1.43 bits per heavy atom. The summed E-state index contributed by atoms with van der Waals surface area (Å²) in [6.45, 7) is 1.82. The lowest BCUT2D eigenvalue weighted by molar-refractivity contribution is 0.101. The topological polar surface area (TPSA) is 71.1 Å². The van der Waals surface area contributed by atoms with E-state index < -0.39 is 0 Å². The van der Waals surface area contributed by atoms with Crippen molar-refractivity contribution in [2.24, 2.45) is 0 Å². The van der Waals surface area contributed by atoms with Crippen LogP contribution in [0.15, 0.2) is 84.2 Å². The van der Waals surface area contributed by atoms with Crippen molar-refractivity contribution in [3.05, 3.63) is 100 Å². The summed E-state index contributed by atoms with van der Waals surface area (Å²) in [5.41, 5.74) is 4.32. The number of aryl methyl sites for hydroxylation is 1. The molecule has 0 saturated carbocycles. The Balaban J connectivity index is 1.43. The van der Waals surface area contributed by atoms with E-state index in [4.69, 9.17) is 0 Å². The molecular weight excluding hydrogens is 394 g/mol. The summed E-state index contributed by atoms with van der Waals surface area (Å²) >= 11 is 1.39. The maximum Gasteiger partial charge on any atom is 0.265 e. The first-order chi connectivity index (χ1) is 14.6. The lowest BCUT2D eigenvalue weighted by Crippen LogP contribution is -2.14. The summed E-state index contributed by atoms with van der Waals surface area (Å²) < 4.78 is 0. The Kier molecular flexibility index (Phi) is 5.68. The molecule has 2 heterocycles. The van der Waals surface area contributed by atoms with Gasteiger partial charge in [-0.05, 0) is 54.8 Å². The molecule has 0 aliphatic rings. The third kappa shape index (κ3) is 4.45. The van der Waals surface area contributed by atoms with Crippen LogP contribution in [-0.2, 0) is 0 Å². The summed E-state index contributed by atoms with van der Waals surface area (Å²) in [5.74, 6) is -0.378. The van der Waals surface area contributed by atoms with Gasteiger partial charge in [-0.15, -0.1) is 11.3 Å². The van der Waals surface area contributed by atoms with Crippen LogP contribution in [0.2, 0.25) is 0 Å². The molecule has 0 saturated heterocycles. The standard InChI is InChI=1S/C24H19N3O2S/c1-16-20(13-14-21(25-16)17-6-3-2-4-7-17)23(28)26-18-9-11-19(12-10-18)27-24(29)22-8-5-15-30-22/h2-15H,1H3,(H,26,28)(H,27,29). The van der Waals surface area contributed by atoms with Gasteiger partial charge in [-0.25, -0.2) is 0 Å². The Bertz CT molecular complexity index is 1170. The fraction of sp³-hybridized carbons (Fsp3) is 0.0417. The van der Waals surface area contributed by atoms with Crippen molar-refractivity contribution >= 4 is 34.5 Å². The molecule has 0 spiro atoms. The molecule has 4 aromatic rings. The molecule has 2 amide bonds. The van der Waals surface area contributed by atoms with Crippen LogP contribution in [0.4, 0.5) is 11.4 Å². The van der Waals surface area contributed by atoms with E-state index in [1.807, 2.05) is 54.8 Å². The van der Waals surface area contributed by atoms with E-state index in [9.17, 15) is 9.59 Å². The zero-order chi connectivity index (χ0) is 20.9. The first-order valence-corrected chi connectivity index (χ1v) is 10.3. The normalized spacial score (nSPS) is 10.4. The minimum atomic E-state index is -0.227. The minimum Gasteiger partial charge on any atom is -0.322 e. The molecule has 4 rings (SSSR count). The second-order valence-electron chi connectivity index (χ2n) is 6.66. The van der Waals surface area contributed by atoms with E-state index in [-0.39, 0.29) is 11.8 Å². The fourth-order valence-corrected chi connectivity index (χ4v) is 3.63.